The number of nitrogens with zero attached hydrogens (tertiary/aromatic N) is 2. The third-order valence-electron chi connectivity index (χ3n) is 4.55. The Labute approximate surface area is 175 Å². The Morgan fingerprint density at radius 2 is 1.54 bits per heavy atom. The number of carbonyl (C=O) groups is 1. The molecule has 2 aromatic rings. The number of hydrogen-bond acceptors (Lipinski definition) is 4. The van der Waals surface area contributed by atoms with E-state index in [0.717, 1.165) is 5.56 Å². The molecule has 0 atom stereocenters. The van der Waals surface area contributed by atoms with Crippen LogP contribution in [-0.4, -0.2) is 56.3 Å². The first-order chi connectivity index (χ1) is 13.4. The molecule has 0 aliphatic carbocycles. The molecule has 1 fully saturated rings. The minimum Gasteiger partial charge on any atom is -0.351 e. The smallest absolute Gasteiger partial charge is 0.246 e. The van der Waals surface area contributed by atoms with E-state index in [1.54, 1.807) is 6.07 Å². The normalized spacial score (nSPS) is 16.1. The number of carbonyl (C=O) groups excluding carboxylic acids is 1. The predicted octanol–water partition coefficient (Wildman–Crippen LogP) is 2.62. The lowest BCUT2D eigenvalue weighted by Crippen LogP contribution is -2.51. The van der Waals surface area contributed by atoms with Crippen LogP contribution in [0.5, 0.6) is 0 Å². The number of sulfonamides is 1. The van der Waals surface area contributed by atoms with Crippen LogP contribution in [0.4, 0.5) is 0 Å². The maximum Gasteiger partial charge on any atom is 0.246 e. The van der Waals surface area contributed by atoms with E-state index >= 15 is 0 Å². The van der Waals surface area contributed by atoms with E-state index in [9.17, 15) is 13.2 Å². The highest BCUT2D eigenvalue weighted by molar-refractivity contribution is 7.89. The molecule has 1 amide bonds. The highest BCUT2D eigenvalue weighted by Gasteiger charge is 2.32. The Kier molecular flexibility index (Phi) is 6.95. The lowest BCUT2D eigenvalue weighted by Gasteiger charge is -2.33. The molecule has 6 nitrogen and oxygen atoms in total. The quantitative estimate of drug-likeness (QED) is 0.747. The van der Waals surface area contributed by atoms with Crippen LogP contribution in [0.1, 0.15) is 5.56 Å². The van der Waals surface area contributed by atoms with Gasteiger partial charge in [0.15, 0.2) is 0 Å². The summed E-state index contributed by atoms with van der Waals surface area (Å²) in [6.07, 6.45) is 0. The van der Waals surface area contributed by atoms with E-state index < -0.39 is 10.0 Å². The van der Waals surface area contributed by atoms with Crippen LogP contribution in [0.15, 0.2) is 53.4 Å². The second kappa shape index (κ2) is 9.24. The Morgan fingerprint density at radius 3 is 2.14 bits per heavy atom. The monoisotopic (exact) mass is 441 g/mol. The number of benzene rings is 2. The van der Waals surface area contributed by atoms with E-state index in [2.05, 4.69) is 5.32 Å². The van der Waals surface area contributed by atoms with Gasteiger partial charge in [-0.05, 0) is 17.7 Å². The molecule has 1 N–H and O–H groups in total. The maximum atomic E-state index is 12.9. The van der Waals surface area contributed by atoms with Crippen LogP contribution < -0.4 is 5.32 Å². The minimum atomic E-state index is -3.78. The summed E-state index contributed by atoms with van der Waals surface area (Å²) in [4.78, 5) is 14.0. The fraction of sp³-hybridized carbons (Fsp3) is 0.316. The number of nitrogens with one attached hydrogen (secondary N) is 1. The second-order valence-corrected chi connectivity index (χ2v) is 9.18. The Balaban J connectivity index is 1.53. The molecule has 0 bridgehead atoms. The molecule has 1 aliphatic rings. The van der Waals surface area contributed by atoms with Gasteiger partial charge in [0, 0.05) is 32.7 Å². The van der Waals surface area contributed by atoms with Gasteiger partial charge < -0.3 is 5.32 Å². The number of piperazine rings is 1. The van der Waals surface area contributed by atoms with Crippen LogP contribution >= 0.6 is 23.2 Å². The van der Waals surface area contributed by atoms with Crippen molar-refractivity contribution in [3.05, 3.63) is 64.1 Å². The molecular formula is C19H21Cl2N3O3S. The topological polar surface area (TPSA) is 69.7 Å². The number of hydrogen-bond donors (Lipinski definition) is 1. The van der Waals surface area contributed by atoms with Gasteiger partial charge in [0.25, 0.3) is 0 Å². The molecule has 150 valence electrons. The molecule has 0 spiro atoms. The van der Waals surface area contributed by atoms with Gasteiger partial charge in [-0.25, -0.2) is 8.42 Å². The number of amides is 1. The summed E-state index contributed by atoms with van der Waals surface area (Å²) >= 11 is 12.1. The second-order valence-electron chi connectivity index (χ2n) is 6.49. The average Bonchev–Trinajstić information content (AvgIpc) is 2.67. The zero-order chi connectivity index (χ0) is 20.1. The molecule has 2 aromatic carbocycles. The zero-order valence-corrected chi connectivity index (χ0v) is 17.5. The lowest BCUT2D eigenvalue weighted by molar-refractivity contribution is -0.122. The summed E-state index contributed by atoms with van der Waals surface area (Å²) < 4.78 is 27.1. The number of rotatable bonds is 6. The van der Waals surface area contributed by atoms with E-state index in [4.69, 9.17) is 23.2 Å². The van der Waals surface area contributed by atoms with Crippen molar-refractivity contribution in [2.45, 2.75) is 11.4 Å². The van der Waals surface area contributed by atoms with Crippen molar-refractivity contribution in [1.29, 1.82) is 0 Å². The summed E-state index contributed by atoms with van der Waals surface area (Å²) in [6.45, 7) is 2.17. The van der Waals surface area contributed by atoms with Gasteiger partial charge in [-0.15, -0.1) is 0 Å². The van der Waals surface area contributed by atoms with Crippen molar-refractivity contribution < 1.29 is 13.2 Å². The molecule has 9 heteroatoms. The largest absolute Gasteiger partial charge is 0.351 e. The van der Waals surface area contributed by atoms with E-state index in [0.29, 0.717) is 19.6 Å². The third kappa shape index (κ3) is 5.04. The first kappa shape index (κ1) is 21.1. The van der Waals surface area contributed by atoms with Crippen molar-refractivity contribution in [3.8, 4) is 0 Å². The molecule has 1 aliphatic heterocycles. The van der Waals surface area contributed by atoms with Gasteiger partial charge in [-0.3, -0.25) is 9.69 Å². The Morgan fingerprint density at radius 1 is 0.929 bits per heavy atom. The van der Waals surface area contributed by atoms with E-state index in [1.807, 2.05) is 35.2 Å². The van der Waals surface area contributed by atoms with Crippen LogP contribution in [0, 0.1) is 0 Å². The molecule has 0 aromatic heterocycles. The van der Waals surface area contributed by atoms with Gasteiger partial charge in [0.05, 0.1) is 16.6 Å². The summed E-state index contributed by atoms with van der Waals surface area (Å²) in [6, 6.07) is 14.3. The van der Waals surface area contributed by atoms with E-state index in [1.165, 1.54) is 16.4 Å². The predicted molar refractivity (Wildman–Crippen MR) is 110 cm³/mol. The fourth-order valence-corrected chi connectivity index (χ4v) is 5.56. The molecule has 1 heterocycles. The first-order valence-electron chi connectivity index (χ1n) is 8.85. The lowest BCUT2D eigenvalue weighted by atomic mass is 10.2. The highest BCUT2D eigenvalue weighted by atomic mass is 35.5. The van der Waals surface area contributed by atoms with Crippen molar-refractivity contribution in [3.63, 3.8) is 0 Å². The molecule has 0 saturated carbocycles. The van der Waals surface area contributed by atoms with Gasteiger partial charge >= 0.3 is 0 Å². The first-order valence-corrected chi connectivity index (χ1v) is 11.0. The number of halogens is 2. The van der Waals surface area contributed by atoms with E-state index in [-0.39, 0.29) is 40.5 Å². The summed E-state index contributed by atoms with van der Waals surface area (Å²) in [5.41, 5.74) is 1.03. The summed E-state index contributed by atoms with van der Waals surface area (Å²) in [5.74, 6) is -0.0886. The minimum absolute atomic E-state index is 0.0626. The van der Waals surface area contributed by atoms with Gasteiger partial charge in [-0.2, -0.15) is 4.31 Å². The molecular weight excluding hydrogens is 421 g/mol. The maximum absolute atomic E-state index is 12.9. The van der Waals surface area contributed by atoms with Gasteiger partial charge in [0.1, 0.15) is 4.90 Å². The SMILES string of the molecule is O=C(CN1CCN(S(=O)(=O)c2c(Cl)cccc2Cl)CC1)NCc1ccccc1. The molecule has 0 unspecified atom stereocenters. The van der Waals surface area contributed by atoms with Gasteiger partial charge in [-0.1, -0.05) is 59.6 Å². The fourth-order valence-electron chi connectivity index (χ4n) is 3.04. The van der Waals surface area contributed by atoms with Crippen molar-refractivity contribution in [1.82, 2.24) is 14.5 Å². The molecule has 3 rings (SSSR count). The zero-order valence-electron chi connectivity index (χ0n) is 15.1. The third-order valence-corrected chi connectivity index (χ3v) is 7.40. The van der Waals surface area contributed by atoms with Crippen molar-refractivity contribution >= 4 is 39.1 Å². The van der Waals surface area contributed by atoms with Crippen LogP contribution in [0.2, 0.25) is 10.0 Å². The Bertz CT molecular complexity index is 910. The van der Waals surface area contributed by atoms with Crippen molar-refractivity contribution in [2.75, 3.05) is 32.7 Å². The van der Waals surface area contributed by atoms with Crippen LogP contribution in [-0.2, 0) is 21.4 Å². The van der Waals surface area contributed by atoms with Crippen LogP contribution in [0.3, 0.4) is 0 Å². The Hall–Kier alpha value is -1.64. The summed E-state index contributed by atoms with van der Waals surface area (Å²) in [5, 5.41) is 3.09. The summed E-state index contributed by atoms with van der Waals surface area (Å²) in [7, 11) is -3.78. The standard InChI is InChI=1S/C19H21Cl2N3O3S/c20-16-7-4-8-17(21)19(16)28(26,27)24-11-9-23(10-12-24)14-18(25)22-13-15-5-2-1-3-6-15/h1-8H,9-14H2,(H,22,25). The van der Waals surface area contributed by atoms with Crippen LogP contribution in [0.25, 0.3) is 0 Å². The van der Waals surface area contributed by atoms with Gasteiger partial charge in [0.2, 0.25) is 15.9 Å². The average molecular weight is 442 g/mol. The van der Waals surface area contributed by atoms with Crippen molar-refractivity contribution in [2.24, 2.45) is 0 Å². The highest BCUT2D eigenvalue weighted by Crippen LogP contribution is 2.31. The molecule has 0 radical (unpaired) electrons. The molecule has 28 heavy (non-hydrogen) atoms. The molecule has 1 saturated heterocycles.